The molecule has 1 fully saturated rings. The van der Waals surface area contributed by atoms with E-state index in [2.05, 4.69) is 5.32 Å². The van der Waals surface area contributed by atoms with E-state index in [0.29, 0.717) is 12.0 Å². The lowest BCUT2D eigenvalue weighted by Crippen LogP contribution is -2.46. The third kappa shape index (κ3) is 3.51. The summed E-state index contributed by atoms with van der Waals surface area (Å²) in [5.41, 5.74) is -0.0861. The zero-order valence-corrected chi connectivity index (χ0v) is 12.6. The molecule has 1 aromatic rings. The summed E-state index contributed by atoms with van der Waals surface area (Å²) in [4.78, 5) is 13.2. The molecule has 1 heterocycles. The molecule has 1 aliphatic rings. The zero-order valence-electron chi connectivity index (χ0n) is 11.0. The lowest BCUT2D eigenvalue weighted by molar-refractivity contribution is 0.0915. The molecule has 1 aliphatic heterocycles. The Morgan fingerprint density at radius 2 is 1.95 bits per heavy atom. The third-order valence-corrected chi connectivity index (χ3v) is 5.92. The van der Waals surface area contributed by atoms with Gasteiger partial charge in [0, 0.05) is 10.5 Å². The summed E-state index contributed by atoms with van der Waals surface area (Å²) in [5, 5.41) is 2.84. The predicted octanol–water partition coefficient (Wildman–Crippen LogP) is 1.72. The Labute approximate surface area is 117 Å². The van der Waals surface area contributed by atoms with Crippen LogP contribution in [0.15, 0.2) is 29.2 Å². The molecule has 4 nitrogen and oxygen atoms in total. The van der Waals surface area contributed by atoms with Crippen molar-refractivity contribution < 1.29 is 13.2 Å². The highest BCUT2D eigenvalue weighted by Gasteiger charge is 2.39. The molecule has 19 heavy (non-hydrogen) atoms. The lowest BCUT2D eigenvalue weighted by Gasteiger charge is -2.23. The average molecular weight is 299 g/mol. The highest BCUT2D eigenvalue weighted by Crippen LogP contribution is 2.23. The van der Waals surface area contributed by atoms with Gasteiger partial charge in [-0.3, -0.25) is 4.79 Å². The van der Waals surface area contributed by atoms with Crippen molar-refractivity contribution in [2.45, 2.75) is 23.8 Å². The van der Waals surface area contributed by atoms with Crippen molar-refractivity contribution in [1.82, 2.24) is 5.32 Å². The summed E-state index contributed by atoms with van der Waals surface area (Å²) in [7, 11) is -3.01. The first-order chi connectivity index (χ1) is 8.84. The van der Waals surface area contributed by atoms with Crippen molar-refractivity contribution in [1.29, 1.82) is 0 Å². The van der Waals surface area contributed by atoms with E-state index in [9.17, 15) is 13.2 Å². The van der Waals surface area contributed by atoms with Gasteiger partial charge in [-0.1, -0.05) is 0 Å². The number of sulfone groups is 1. The molecule has 1 N–H and O–H groups in total. The van der Waals surface area contributed by atoms with Gasteiger partial charge in [0.1, 0.15) is 0 Å². The first kappa shape index (κ1) is 14.4. The largest absolute Gasteiger partial charge is 0.346 e. The second-order valence-electron chi connectivity index (χ2n) is 5.09. The molecule has 104 valence electrons. The number of carbonyl (C=O) groups excluding carboxylic acids is 1. The Balaban J connectivity index is 2.08. The maximum atomic E-state index is 12.1. The minimum absolute atomic E-state index is 0.0225. The maximum Gasteiger partial charge on any atom is 0.251 e. The van der Waals surface area contributed by atoms with Crippen LogP contribution in [0.25, 0.3) is 0 Å². The molecule has 0 spiro atoms. The van der Waals surface area contributed by atoms with E-state index in [-0.39, 0.29) is 17.4 Å². The fourth-order valence-electron chi connectivity index (χ4n) is 2.20. The topological polar surface area (TPSA) is 63.2 Å². The maximum absolute atomic E-state index is 12.1. The number of hydrogen-bond donors (Lipinski definition) is 1. The average Bonchev–Trinajstić information content (AvgIpc) is 2.63. The van der Waals surface area contributed by atoms with E-state index in [1.165, 1.54) is 0 Å². The second kappa shape index (κ2) is 5.17. The van der Waals surface area contributed by atoms with Gasteiger partial charge in [-0.15, -0.1) is 11.8 Å². The molecule has 0 aliphatic carbocycles. The Bertz CT molecular complexity index is 580. The number of hydrogen-bond acceptors (Lipinski definition) is 4. The molecule has 0 bridgehead atoms. The molecule has 0 saturated carbocycles. The minimum atomic E-state index is -3.01. The number of carbonyl (C=O) groups is 1. The van der Waals surface area contributed by atoms with E-state index in [4.69, 9.17) is 0 Å². The van der Waals surface area contributed by atoms with Crippen molar-refractivity contribution >= 4 is 27.5 Å². The van der Waals surface area contributed by atoms with Crippen molar-refractivity contribution in [3.8, 4) is 0 Å². The number of nitrogens with one attached hydrogen (secondary N) is 1. The van der Waals surface area contributed by atoms with Crippen LogP contribution in [0.5, 0.6) is 0 Å². The molecule has 1 atom stereocenters. The summed E-state index contributed by atoms with van der Waals surface area (Å²) >= 11 is 1.61. The Morgan fingerprint density at radius 3 is 2.42 bits per heavy atom. The highest BCUT2D eigenvalue weighted by molar-refractivity contribution is 7.98. The van der Waals surface area contributed by atoms with E-state index >= 15 is 0 Å². The van der Waals surface area contributed by atoms with Crippen LogP contribution < -0.4 is 5.32 Å². The monoisotopic (exact) mass is 299 g/mol. The van der Waals surface area contributed by atoms with Crippen LogP contribution in [-0.2, 0) is 9.84 Å². The summed E-state index contributed by atoms with van der Waals surface area (Å²) in [6.45, 7) is 1.78. The van der Waals surface area contributed by atoms with E-state index in [1.807, 2.05) is 18.4 Å². The smallest absolute Gasteiger partial charge is 0.251 e. The minimum Gasteiger partial charge on any atom is -0.346 e. The van der Waals surface area contributed by atoms with E-state index in [1.54, 1.807) is 30.8 Å². The Kier molecular flexibility index (Phi) is 3.92. The van der Waals surface area contributed by atoms with Gasteiger partial charge in [0.2, 0.25) is 0 Å². The van der Waals surface area contributed by atoms with Gasteiger partial charge in [-0.05, 0) is 43.9 Å². The SMILES string of the molecule is CSc1ccc(C(=O)N[C@]2(C)CCS(=O)(=O)C2)cc1. The number of thioether (sulfide) groups is 1. The van der Waals surface area contributed by atoms with E-state index < -0.39 is 15.4 Å². The fourth-order valence-corrected chi connectivity index (χ4v) is 4.70. The van der Waals surface area contributed by atoms with Gasteiger partial charge in [0.25, 0.3) is 5.91 Å². The number of amides is 1. The molecule has 6 heteroatoms. The lowest BCUT2D eigenvalue weighted by atomic mass is 10.0. The quantitative estimate of drug-likeness (QED) is 0.863. The predicted molar refractivity (Wildman–Crippen MR) is 77.4 cm³/mol. The van der Waals surface area contributed by atoms with Crippen LogP contribution >= 0.6 is 11.8 Å². The Morgan fingerprint density at radius 1 is 1.32 bits per heavy atom. The van der Waals surface area contributed by atoms with Gasteiger partial charge >= 0.3 is 0 Å². The first-order valence-corrected chi connectivity index (χ1v) is 9.05. The molecule has 0 radical (unpaired) electrons. The molecule has 1 aromatic carbocycles. The molecule has 0 unspecified atom stereocenters. The zero-order chi connectivity index (χ0) is 14.1. The molecule has 1 amide bonds. The first-order valence-electron chi connectivity index (χ1n) is 6.01. The van der Waals surface area contributed by atoms with Crippen LogP contribution in [0.1, 0.15) is 23.7 Å². The van der Waals surface area contributed by atoms with Crippen molar-refractivity contribution in [3.05, 3.63) is 29.8 Å². The van der Waals surface area contributed by atoms with E-state index in [0.717, 1.165) is 4.90 Å². The van der Waals surface area contributed by atoms with Crippen LogP contribution in [-0.4, -0.2) is 37.6 Å². The molecular formula is C13H17NO3S2. The molecular weight excluding hydrogens is 282 g/mol. The van der Waals surface area contributed by atoms with Crippen LogP contribution in [0.3, 0.4) is 0 Å². The summed E-state index contributed by atoms with van der Waals surface area (Å²) in [5.74, 6) is -0.0450. The standard InChI is InChI=1S/C13H17NO3S2/c1-13(7-8-19(16,17)9-13)14-12(15)10-3-5-11(18-2)6-4-10/h3-6H,7-9H2,1-2H3,(H,14,15)/t13-/m1/s1. The van der Waals surface area contributed by atoms with Crippen LogP contribution in [0.4, 0.5) is 0 Å². The highest BCUT2D eigenvalue weighted by atomic mass is 32.2. The number of rotatable bonds is 3. The fraction of sp³-hybridized carbons (Fsp3) is 0.462. The molecule has 2 rings (SSSR count). The van der Waals surface area contributed by atoms with Crippen molar-refractivity contribution in [2.24, 2.45) is 0 Å². The molecule has 0 aromatic heterocycles. The summed E-state index contributed by atoms with van der Waals surface area (Å²) in [6.07, 6.45) is 2.45. The van der Waals surface area contributed by atoms with Gasteiger partial charge < -0.3 is 5.32 Å². The molecule has 1 saturated heterocycles. The van der Waals surface area contributed by atoms with Crippen molar-refractivity contribution in [2.75, 3.05) is 17.8 Å². The van der Waals surface area contributed by atoms with Gasteiger partial charge in [0.15, 0.2) is 9.84 Å². The van der Waals surface area contributed by atoms with Gasteiger partial charge in [0.05, 0.1) is 17.0 Å². The second-order valence-corrected chi connectivity index (χ2v) is 8.15. The Hall–Kier alpha value is -1.01. The summed E-state index contributed by atoms with van der Waals surface area (Å²) < 4.78 is 23.0. The normalized spacial score (nSPS) is 25.2. The van der Waals surface area contributed by atoms with Crippen LogP contribution in [0, 0.1) is 0 Å². The van der Waals surface area contributed by atoms with Gasteiger partial charge in [-0.2, -0.15) is 0 Å². The third-order valence-electron chi connectivity index (χ3n) is 3.27. The summed E-state index contributed by atoms with van der Waals surface area (Å²) in [6, 6.07) is 7.28. The van der Waals surface area contributed by atoms with Gasteiger partial charge in [-0.25, -0.2) is 8.42 Å². The number of benzene rings is 1. The van der Waals surface area contributed by atoms with Crippen molar-refractivity contribution in [3.63, 3.8) is 0 Å². The van der Waals surface area contributed by atoms with Crippen LogP contribution in [0.2, 0.25) is 0 Å².